The molecule has 0 aliphatic carbocycles. The summed E-state index contributed by atoms with van der Waals surface area (Å²) in [7, 11) is 1.62. The summed E-state index contributed by atoms with van der Waals surface area (Å²) in [6.45, 7) is 0. The minimum absolute atomic E-state index is 0.276. The van der Waals surface area contributed by atoms with E-state index in [1.165, 1.54) is 0 Å². The Hall–Kier alpha value is -3.27. The van der Waals surface area contributed by atoms with E-state index in [2.05, 4.69) is 4.98 Å². The van der Waals surface area contributed by atoms with Crippen LogP contribution in [0, 0.1) is 0 Å². The molecule has 0 radical (unpaired) electrons. The summed E-state index contributed by atoms with van der Waals surface area (Å²) in [5.74, 6) is -0.169. The molecule has 2 N–H and O–H groups in total. The number of nitrogens with one attached hydrogen (secondary N) is 1. The van der Waals surface area contributed by atoms with Crippen molar-refractivity contribution in [1.29, 1.82) is 0 Å². The Bertz CT molecular complexity index is 1060. The van der Waals surface area contributed by atoms with E-state index in [0.717, 1.165) is 38.7 Å². The maximum Gasteiger partial charge on any atom is 0.335 e. The molecule has 0 saturated carbocycles. The first kappa shape index (κ1) is 14.3. The summed E-state index contributed by atoms with van der Waals surface area (Å²) < 4.78 is 5.20. The fourth-order valence-electron chi connectivity index (χ4n) is 3.07. The van der Waals surface area contributed by atoms with Crippen molar-refractivity contribution in [1.82, 2.24) is 4.98 Å². The summed E-state index contributed by atoms with van der Waals surface area (Å²) in [6, 6.07) is 19.0. The van der Waals surface area contributed by atoms with Gasteiger partial charge in [-0.1, -0.05) is 30.3 Å². The standard InChI is InChI=1S/C20H15NO3/c1-24-14-8-6-12(7-9-14)16-10-13(20(22)23)11-17-15-4-2-3-5-18(15)21-19(16)17/h2-11,21H,1H3,(H,22,23). The van der Waals surface area contributed by atoms with E-state index in [1.54, 1.807) is 19.2 Å². The van der Waals surface area contributed by atoms with E-state index in [1.807, 2.05) is 48.5 Å². The molecule has 0 atom stereocenters. The molecule has 0 unspecified atom stereocenters. The number of carboxylic acid groups (broad SMARTS) is 1. The van der Waals surface area contributed by atoms with Crippen molar-refractivity contribution >= 4 is 27.8 Å². The number of hydrogen-bond acceptors (Lipinski definition) is 2. The second kappa shape index (κ2) is 5.42. The van der Waals surface area contributed by atoms with Crippen LogP contribution in [0.25, 0.3) is 32.9 Å². The number of aromatic amines is 1. The molecule has 1 heterocycles. The number of rotatable bonds is 3. The first-order valence-electron chi connectivity index (χ1n) is 7.59. The predicted octanol–water partition coefficient (Wildman–Crippen LogP) is 4.69. The van der Waals surface area contributed by atoms with Gasteiger partial charge in [0.05, 0.1) is 18.2 Å². The van der Waals surface area contributed by atoms with Gasteiger partial charge in [0.15, 0.2) is 0 Å². The van der Waals surface area contributed by atoms with Crippen molar-refractivity contribution in [2.75, 3.05) is 7.11 Å². The number of H-pyrrole nitrogens is 1. The number of methoxy groups -OCH3 is 1. The van der Waals surface area contributed by atoms with Crippen LogP contribution >= 0.6 is 0 Å². The third-order valence-corrected chi connectivity index (χ3v) is 4.26. The van der Waals surface area contributed by atoms with Gasteiger partial charge in [-0.3, -0.25) is 0 Å². The average Bonchev–Trinajstić information content (AvgIpc) is 2.99. The topological polar surface area (TPSA) is 62.3 Å². The van der Waals surface area contributed by atoms with Crippen LogP contribution in [0.15, 0.2) is 60.7 Å². The Morgan fingerprint density at radius 2 is 1.75 bits per heavy atom. The second-order valence-electron chi connectivity index (χ2n) is 5.65. The summed E-state index contributed by atoms with van der Waals surface area (Å²) in [4.78, 5) is 15.0. The molecule has 0 saturated heterocycles. The number of para-hydroxylation sites is 1. The maximum atomic E-state index is 11.6. The Labute approximate surface area is 138 Å². The maximum absolute atomic E-state index is 11.6. The molecule has 4 nitrogen and oxygen atoms in total. The summed E-state index contributed by atoms with van der Waals surface area (Å²) in [6.07, 6.45) is 0. The monoisotopic (exact) mass is 317 g/mol. The Kier molecular flexibility index (Phi) is 3.24. The molecule has 0 bridgehead atoms. The zero-order chi connectivity index (χ0) is 16.7. The van der Waals surface area contributed by atoms with Gasteiger partial charge in [0.25, 0.3) is 0 Å². The van der Waals surface area contributed by atoms with Crippen molar-refractivity contribution in [3.8, 4) is 16.9 Å². The van der Waals surface area contributed by atoms with Crippen LogP contribution in [0.2, 0.25) is 0 Å². The van der Waals surface area contributed by atoms with E-state index >= 15 is 0 Å². The van der Waals surface area contributed by atoms with Gasteiger partial charge in [-0.05, 0) is 35.9 Å². The molecule has 0 fully saturated rings. The van der Waals surface area contributed by atoms with Gasteiger partial charge in [0.2, 0.25) is 0 Å². The molecule has 0 aliphatic rings. The number of carboxylic acids is 1. The molecule has 24 heavy (non-hydrogen) atoms. The molecule has 0 amide bonds. The molecule has 1 aromatic heterocycles. The second-order valence-corrected chi connectivity index (χ2v) is 5.65. The Morgan fingerprint density at radius 3 is 2.46 bits per heavy atom. The fourth-order valence-corrected chi connectivity index (χ4v) is 3.07. The summed E-state index contributed by atoms with van der Waals surface area (Å²) in [5, 5.41) is 11.4. The van der Waals surface area contributed by atoms with Gasteiger partial charge in [-0.2, -0.15) is 0 Å². The van der Waals surface area contributed by atoms with E-state index in [9.17, 15) is 9.90 Å². The highest BCUT2D eigenvalue weighted by Gasteiger charge is 2.14. The van der Waals surface area contributed by atoms with Gasteiger partial charge in [-0.15, -0.1) is 0 Å². The van der Waals surface area contributed by atoms with Crippen molar-refractivity contribution < 1.29 is 14.6 Å². The van der Waals surface area contributed by atoms with Crippen LogP contribution in [0.3, 0.4) is 0 Å². The lowest BCUT2D eigenvalue weighted by Gasteiger charge is -2.07. The predicted molar refractivity (Wildman–Crippen MR) is 94.8 cm³/mol. The summed E-state index contributed by atoms with van der Waals surface area (Å²) in [5.41, 5.74) is 4.01. The molecule has 4 rings (SSSR count). The van der Waals surface area contributed by atoms with Gasteiger partial charge < -0.3 is 14.8 Å². The van der Waals surface area contributed by atoms with E-state index in [0.29, 0.717) is 0 Å². The normalized spacial score (nSPS) is 11.0. The van der Waals surface area contributed by atoms with Gasteiger partial charge >= 0.3 is 5.97 Å². The van der Waals surface area contributed by atoms with E-state index in [-0.39, 0.29) is 5.56 Å². The van der Waals surface area contributed by atoms with Gasteiger partial charge in [-0.25, -0.2) is 4.79 Å². The average molecular weight is 317 g/mol. The number of fused-ring (bicyclic) bond motifs is 3. The number of hydrogen-bond donors (Lipinski definition) is 2. The highest BCUT2D eigenvalue weighted by atomic mass is 16.5. The van der Waals surface area contributed by atoms with Crippen LogP contribution in [0.4, 0.5) is 0 Å². The molecule has 4 aromatic rings. The lowest BCUT2D eigenvalue weighted by molar-refractivity contribution is 0.0697. The van der Waals surface area contributed by atoms with Crippen molar-refractivity contribution in [2.45, 2.75) is 0 Å². The number of aromatic nitrogens is 1. The molecule has 3 aromatic carbocycles. The molecule has 0 spiro atoms. The smallest absolute Gasteiger partial charge is 0.335 e. The molecular weight excluding hydrogens is 302 g/mol. The van der Waals surface area contributed by atoms with Crippen LogP contribution in [0.1, 0.15) is 10.4 Å². The lowest BCUT2D eigenvalue weighted by atomic mass is 9.99. The number of carbonyl (C=O) groups is 1. The van der Waals surface area contributed by atoms with Crippen LogP contribution < -0.4 is 4.74 Å². The zero-order valence-electron chi connectivity index (χ0n) is 13.0. The third kappa shape index (κ3) is 2.20. The molecule has 118 valence electrons. The summed E-state index contributed by atoms with van der Waals surface area (Å²) >= 11 is 0. The fraction of sp³-hybridized carbons (Fsp3) is 0.0500. The number of benzene rings is 3. The first-order valence-corrected chi connectivity index (χ1v) is 7.59. The third-order valence-electron chi connectivity index (χ3n) is 4.26. The Balaban J connectivity index is 2.06. The van der Waals surface area contributed by atoms with Crippen LogP contribution in [-0.4, -0.2) is 23.2 Å². The highest BCUT2D eigenvalue weighted by Crippen LogP contribution is 2.35. The van der Waals surface area contributed by atoms with Gasteiger partial charge in [0, 0.05) is 21.9 Å². The SMILES string of the molecule is COc1ccc(-c2cc(C(=O)O)cc3c2[nH]c2ccccc23)cc1. The van der Waals surface area contributed by atoms with Crippen molar-refractivity contribution in [3.63, 3.8) is 0 Å². The Morgan fingerprint density at radius 1 is 1.00 bits per heavy atom. The number of aromatic carboxylic acids is 1. The zero-order valence-corrected chi connectivity index (χ0v) is 13.0. The largest absolute Gasteiger partial charge is 0.497 e. The molecular formula is C20H15NO3. The first-order chi connectivity index (χ1) is 11.7. The minimum atomic E-state index is -0.933. The van der Waals surface area contributed by atoms with Crippen molar-refractivity contribution in [2.24, 2.45) is 0 Å². The van der Waals surface area contributed by atoms with Crippen molar-refractivity contribution in [3.05, 3.63) is 66.2 Å². The minimum Gasteiger partial charge on any atom is -0.497 e. The quantitative estimate of drug-likeness (QED) is 0.576. The lowest BCUT2D eigenvalue weighted by Crippen LogP contribution is -1.97. The van der Waals surface area contributed by atoms with E-state index in [4.69, 9.17) is 4.74 Å². The molecule has 4 heteroatoms. The van der Waals surface area contributed by atoms with Crippen LogP contribution in [0.5, 0.6) is 5.75 Å². The number of ether oxygens (including phenoxy) is 1. The highest BCUT2D eigenvalue weighted by molar-refractivity contribution is 6.14. The van der Waals surface area contributed by atoms with E-state index < -0.39 is 5.97 Å². The van der Waals surface area contributed by atoms with Gasteiger partial charge in [0.1, 0.15) is 5.75 Å². The van der Waals surface area contributed by atoms with Crippen LogP contribution in [-0.2, 0) is 0 Å². The molecule has 0 aliphatic heterocycles.